The van der Waals surface area contributed by atoms with E-state index in [4.69, 9.17) is 14.5 Å². The van der Waals surface area contributed by atoms with Crippen molar-refractivity contribution in [3.63, 3.8) is 0 Å². The fourth-order valence-corrected chi connectivity index (χ4v) is 6.02. The third-order valence-electron chi connectivity index (χ3n) is 7.71. The number of anilines is 1. The molecule has 1 spiro atoms. The van der Waals surface area contributed by atoms with Crippen LogP contribution < -0.4 is 19.7 Å². The topological polar surface area (TPSA) is 93.9 Å². The molecule has 10 heteroatoms. The molecule has 4 aliphatic rings. The number of pyridine rings is 1. The van der Waals surface area contributed by atoms with Crippen LogP contribution in [0.2, 0.25) is 0 Å². The van der Waals surface area contributed by atoms with Crippen molar-refractivity contribution in [1.82, 2.24) is 24.9 Å². The standard InChI is InChI=1S/C24H25FN6O3/c25-15-8-14-11-30-17-4-3-5-18(17)34-19-12-31-20(28-21(19)30)16(10-27-31)22(32)29-24(6-1-2-7-24)13-33-23(14)26-9-15/h8-10,12,17-18H,1-7,11,13H2,(H,29,32)/t17-,18+/m1/s1. The van der Waals surface area contributed by atoms with E-state index in [-0.39, 0.29) is 24.7 Å². The van der Waals surface area contributed by atoms with E-state index in [1.54, 1.807) is 16.9 Å². The molecule has 1 amide bonds. The SMILES string of the molecule is O=C1NC2(CCCC2)COc2ncc(F)cc2CN2c3nc4c1cnn4cc3O[C@H]1CCC[C@H]12. The summed E-state index contributed by atoms with van der Waals surface area (Å²) in [5, 5.41) is 7.61. The lowest BCUT2D eigenvalue weighted by atomic mass is 9.98. The van der Waals surface area contributed by atoms with Gasteiger partial charge in [-0.15, -0.1) is 0 Å². The summed E-state index contributed by atoms with van der Waals surface area (Å²) in [6.45, 7) is 0.666. The monoisotopic (exact) mass is 464 g/mol. The van der Waals surface area contributed by atoms with E-state index in [9.17, 15) is 9.18 Å². The molecule has 2 atom stereocenters. The Hall–Kier alpha value is -3.43. The number of halogens is 1. The van der Waals surface area contributed by atoms with Gasteiger partial charge in [0.05, 0.1) is 36.7 Å². The number of nitrogens with one attached hydrogen (secondary N) is 1. The van der Waals surface area contributed by atoms with Crippen LogP contribution in [0, 0.1) is 5.82 Å². The molecule has 0 unspecified atom stereocenters. The highest BCUT2D eigenvalue weighted by atomic mass is 19.1. The van der Waals surface area contributed by atoms with Crippen molar-refractivity contribution in [3.05, 3.63) is 41.6 Å². The minimum absolute atomic E-state index is 0.0217. The number of nitrogens with zero attached hydrogens (tertiary/aromatic N) is 5. The van der Waals surface area contributed by atoms with Gasteiger partial charge in [-0.25, -0.2) is 18.9 Å². The molecule has 34 heavy (non-hydrogen) atoms. The first kappa shape index (κ1) is 20.0. The molecule has 3 aromatic rings. The van der Waals surface area contributed by atoms with E-state index in [0.717, 1.165) is 44.9 Å². The second kappa shape index (κ2) is 7.28. The van der Waals surface area contributed by atoms with Gasteiger partial charge in [0.15, 0.2) is 17.2 Å². The van der Waals surface area contributed by atoms with Gasteiger partial charge in [0, 0.05) is 5.56 Å². The molecule has 2 saturated carbocycles. The smallest absolute Gasteiger partial charge is 0.257 e. The van der Waals surface area contributed by atoms with Crippen molar-refractivity contribution in [1.29, 1.82) is 0 Å². The quantitative estimate of drug-likeness (QED) is 0.547. The van der Waals surface area contributed by atoms with Crippen LogP contribution in [0.4, 0.5) is 10.2 Å². The van der Waals surface area contributed by atoms with Crippen LogP contribution in [0.25, 0.3) is 5.65 Å². The van der Waals surface area contributed by atoms with Crippen molar-refractivity contribution in [2.75, 3.05) is 11.5 Å². The second-order valence-corrected chi connectivity index (χ2v) is 9.89. The fraction of sp³-hybridized carbons (Fsp3) is 0.500. The molecule has 2 bridgehead atoms. The molecule has 9 nitrogen and oxygen atoms in total. The summed E-state index contributed by atoms with van der Waals surface area (Å²) in [7, 11) is 0. The van der Waals surface area contributed by atoms with Crippen LogP contribution in [-0.4, -0.2) is 49.8 Å². The number of hydrogen-bond donors (Lipinski definition) is 1. The summed E-state index contributed by atoms with van der Waals surface area (Å²) >= 11 is 0. The van der Waals surface area contributed by atoms with Gasteiger partial charge in [0.1, 0.15) is 24.1 Å². The first-order valence-corrected chi connectivity index (χ1v) is 12.0. The third kappa shape index (κ3) is 3.04. The summed E-state index contributed by atoms with van der Waals surface area (Å²) in [6.07, 6.45) is 11.1. The predicted octanol–water partition coefficient (Wildman–Crippen LogP) is 3.02. The number of carbonyl (C=O) groups excluding carboxylic acids is 1. The molecule has 3 aromatic heterocycles. The molecule has 5 heterocycles. The Balaban J connectivity index is 1.42. The van der Waals surface area contributed by atoms with E-state index < -0.39 is 11.4 Å². The Kier molecular flexibility index (Phi) is 4.28. The van der Waals surface area contributed by atoms with Crippen molar-refractivity contribution in [2.24, 2.45) is 0 Å². The summed E-state index contributed by atoms with van der Waals surface area (Å²) in [5.41, 5.74) is 1.05. The Morgan fingerprint density at radius 2 is 2.06 bits per heavy atom. The third-order valence-corrected chi connectivity index (χ3v) is 7.71. The Morgan fingerprint density at radius 1 is 1.18 bits per heavy atom. The molecular weight excluding hydrogens is 439 g/mol. The number of amides is 1. The molecule has 2 aliphatic carbocycles. The normalized spacial score (nSPS) is 25.1. The van der Waals surface area contributed by atoms with Crippen LogP contribution in [0.1, 0.15) is 60.9 Å². The van der Waals surface area contributed by atoms with Gasteiger partial charge in [0.25, 0.3) is 5.91 Å². The van der Waals surface area contributed by atoms with Crippen LogP contribution in [-0.2, 0) is 6.54 Å². The highest BCUT2D eigenvalue weighted by Gasteiger charge is 2.42. The maximum Gasteiger partial charge on any atom is 0.257 e. The summed E-state index contributed by atoms with van der Waals surface area (Å²) in [5.74, 6) is 1.01. The molecule has 2 fully saturated rings. The molecule has 0 saturated heterocycles. The lowest BCUT2D eigenvalue weighted by Gasteiger charge is -2.39. The fourth-order valence-electron chi connectivity index (χ4n) is 6.02. The molecule has 2 aliphatic heterocycles. The van der Waals surface area contributed by atoms with Gasteiger partial charge in [-0.3, -0.25) is 4.79 Å². The van der Waals surface area contributed by atoms with Gasteiger partial charge in [0.2, 0.25) is 5.88 Å². The van der Waals surface area contributed by atoms with Gasteiger partial charge in [-0.05, 0) is 38.2 Å². The first-order valence-electron chi connectivity index (χ1n) is 12.0. The average molecular weight is 465 g/mol. The van der Waals surface area contributed by atoms with Gasteiger partial charge in [-0.1, -0.05) is 12.8 Å². The number of ether oxygens (including phenoxy) is 2. The van der Waals surface area contributed by atoms with Crippen molar-refractivity contribution < 1.29 is 18.7 Å². The zero-order valence-corrected chi connectivity index (χ0v) is 18.7. The summed E-state index contributed by atoms with van der Waals surface area (Å²) < 4.78 is 28.5. The summed E-state index contributed by atoms with van der Waals surface area (Å²) in [4.78, 5) is 24.8. The number of carbonyl (C=O) groups is 1. The van der Waals surface area contributed by atoms with Crippen LogP contribution in [0.3, 0.4) is 0 Å². The number of rotatable bonds is 0. The van der Waals surface area contributed by atoms with Crippen LogP contribution in [0.5, 0.6) is 11.6 Å². The lowest BCUT2D eigenvalue weighted by molar-refractivity contribution is 0.0853. The van der Waals surface area contributed by atoms with Crippen LogP contribution in [0.15, 0.2) is 24.7 Å². The minimum atomic E-state index is -0.511. The van der Waals surface area contributed by atoms with E-state index >= 15 is 0 Å². The zero-order valence-electron chi connectivity index (χ0n) is 18.7. The molecule has 1 N–H and O–H groups in total. The van der Waals surface area contributed by atoms with Crippen molar-refractivity contribution in [3.8, 4) is 11.6 Å². The Morgan fingerprint density at radius 3 is 2.94 bits per heavy atom. The van der Waals surface area contributed by atoms with Crippen molar-refractivity contribution in [2.45, 2.75) is 69.2 Å². The maximum atomic E-state index is 14.3. The van der Waals surface area contributed by atoms with Gasteiger partial charge in [-0.2, -0.15) is 5.10 Å². The summed E-state index contributed by atoms with van der Waals surface area (Å²) in [6, 6.07) is 1.59. The van der Waals surface area contributed by atoms with E-state index in [1.165, 1.54) is 12.3 Å². The van der Waals surface area contributed by atoms with E-state index in [2.05, 4.69) is 20.3 Å². The molecular formula is C24H25FN6O3. The Bertz CT molecular complexity index is 1300. The van der Waals surface area contributed by atoms with Crippen molar-refractivity contribution >= 4 is 17.4 Å². The highest BCUT2D eigenvalue weighted by molar-refractivity contribution is 6.00. The predicted molar refractivity (Wildman–Crippen MR) is 120 cm³/mol. The zero-order chi connectivity index (χ0) is 22.9. The maximum absolute atomic E-state index is 14.3. The Labute approximate surface area is 195 Å². The minimum Gasteiger partial charge on any atom is -0.483 e. The largest absolute Gasteiger partial charge is 0.483 e. The van der Waals surface area contributed by atoms with E-state index in [0.29, 0.717) is 40.8 Å². The van der Waals surface area contributed by atoms with Gasteiger partial charge >= 0.3 is 0 Å². The average Bonchev–Trinajstić information content (AvgIpc) is 3.56. The van der Waals surface area contributed by atoms with E-state index in [1.807, 2.05) is 0 Å². The molecule has 0 radical (unpaired) electrons. The molecule has 7 rings (SSSR count). The number of fused-ring (bicyclic) bond motifs is 3. The molecule has 0 aromatic carbocycles. The highest BCUT2D eigenvalue weighted by Crippen LogP contribution is 2.42. The van der Waals surface area contributed by atoms with Crippen LogP contribution >= 0.6 is 0 Å². The number of hydrogen-bond acceptors (Lipinski definition) is 7. The second-order valence-electron chi connectivity index (χ2n) is 9.89. The number of aromatic nitrogens is 4. The lowest BCUT2D eigenvalue weighted by Crippen LogP contribution is -2.50. The first-order chi connectivity index (χ1) is 16.6. The molecule has 176 valence electrons. The van der Waals surface area contributed by atoms with Gasteiger partial charge < -0.3 is 19.7 Å².